The van der Waals surface area contributed by atoms with Gasteiger partial charge in [0.25, 0.3) is 5.91 Å². The molecule has 2 aromatic rings. The zero-order valence-electron chi connectivity index (χ0n) is 12.4. The van der Waals surface area contributed by atoms with Crippen molar-refractivity contribution in [3.05, 3.63) is 41.8 Å². The molecule has 3 rings (SSSR count). The molecule has 0 spiro atoms. The average Bonchev–Trinajstić information content (AvgIpc) is 3.16. The van der Waals surface area contributed by atoms with Gasteiger partial charge in [0.05, 0.1) is 12.1 Å². The number of amides is 1. The zero-order valence-corrected chi connectivity index (χ0v) is 13.2. The number of nitrogens with zero attached hydrogens (tertiary/aromatic N) is 1. The van der Waals surface area contributed by atoms with E-state index in [0.29, 0.717) is 24.4 Å². The molecule has 2 N–H and O–H groups in total. The Morgan fingerprint density at radius 2 is 2.13 bits per heavy atom. The Bertz CT molecular complexity index is 662. The van der Waals surface area contributed by atoms with Gasteiger partial charge < -0.3 is 19.9 Å². The number of nitrogens with one attached hydrogen (secondary N) is 2. The smallest absolute Gasteiger partial charge is 0.273 e. The lowest BCUT2D eigenvalue weighted by Crippen LogP contribution is -2.43. The number of carbonyl (C=O) groups is 1. The van der Waals surface area contributed by atoms with Gasteiger partial charge in [-0.25, -0.2) is 4.39 Å². The number of benzene rings is 1. The lowest BCUT2D eigenvalue weighted by Gasteiger charge is -2.17. The maximum absolute atomic E-state index is 12.9. The third-order valence-corrected chi connectivity index (χ3v) is 3.65. The highest BCUT2D eigenvalue weighted by Crippen LogP contribution is 2.20. The van der Waals surface area contributed by atoms with Crippen molar-refractivity contribution in [1.82, 2.24) is 15.8 Å². The third-order valence-electron chi connectivity index (χ3n) is 3.65. The van der Waals surface area contributed by atoms with Crippen molar-refractivity contribution in [2.75, 3.05) is 20.2 Å². The molecule has 124 valence electrons. The standard InChI is InChI=1S/C15H16FN3O3.ClH/c1-21-14-8-17-7-12(14)18-15(20)11-6-13(22-19-11)9-2-4-10(16)5-3-9;/h2-6,12,14,17H,7-8H2,1H3,(H,18,20);1H. The minimum Gasteiger partial charge on any atom is -0.378 e. The highest BCUT2D eigenvalue weighted by molar-refractivity contribution is 5.93. The molecule has 0 saturated carbocycles. The van der Waals surface area contributed by atoms with Gasteiger partial charge in [0.2, 0.25) is 0 Å². The maximum Gasteiger partial charge on any atom is 0.273 e. The van der Waals surface area contributed by atoms with Crippen LogP contribution in [0.1, 0.15) is 10.5 Å². The molecule has 1 saturated heterocycles. The third kappa shape index (κ3) is 3.87. The number of aromatic nitrogens is 1. The summed E-state index contributed by atoms with van der Waals surface area (Å²) in [7, 11) is 1.61. The van der Waals surface area contributed by atoms with E-state index in [1.54, 1.807) is 19.2 Å². The van der Waals surface area contributed by atoms with Gasteiger partial charge in [0.1, 0.15) is 5.82 Å². The average molecular weight is 342 g/mol. The highest BCUT2D eigenvalue weighted by Gasteiger charge is 2.29. The Morgan fingerprint density at radius 1 is 1.39 bits per heavy atom. The van der Waals surface area contributed by atoms with E-state index in [1.165, 1.54) is 18.2 Å². The second-order valence-corrected chi connectivity index (χ2v) is 5.10. The predicted octanol–water partition coefficient (Wildman–Crippen LogP) is 1.62. The molecule has 1 aromatic heterocycles. The van der Waals surface area contributed by atoms with Crippen LogP contribution in [0.4, 0.5) is 4.39 Å². The molecule has 2 atom stereocenters. The largest absolute Gasteiger partial charge is 0.378 e. The topological polar surface area (TPSA) is 76.4 Å². The van der Waals surface area contributed by atoms with Crippen LogP contribution in [0.25, 0.3) is 11.3 Å². The molecule has 23 heavy (non-hydrogen) atoms. The van der Waals surface area contributed by atoms with Crippen molar-refractivity contribution in [3.63, 3.8) is 0 Å². The van der Waals surface area contributed by atoms with Gasteiger partial charge in [-0.1, -0.05) is 5.16 Å². The quantitative estimate of drug-likeness (QED) is 0.883. The van der Waals surface area contributed by atoms with Crippen molar-refractivity contribution >= 4 is 18.3 Å². The van der Waals surface area contributed by atoms with Gasteiger partial charge in [0, 0.05) is 31.8 Å². The molecule has 1 fully saturated rings. The molecule has 2 unspecified atom stereocenters. The van der Waals surface area contributed by atoms with E-state index < -0.39 is 0 Å². The van der Waals surface area contributed by atoms with Crippen LogP contribution in [0.5, 0.6) is 0 Å². The van der Waals surface area contributed by atoms with E-state index >= 15 is 0 Å². The first-order valence-electron chi connectivity index (χ1n) is 6.94. The Labute approximate surface area is 138 Å². The van der Waals surface area contributed by atoms with E-state index in [2.05, 4.69) is 15.8 Å². The Hall–Kier alpha value is -1.96. The molecule has 2 heterocycles. The number of hydrogen-bond donors (Lipinski definition) is 2. The van der Waals surface area contributed by atoms with E-state index in [9.17, 15) is 9.18 Å². The van der Waals surface area contributed by atoms with Gasteiger partial charge in [-0.3, -0.25) is 4.79 Å². The Kier molecular flexibility index (Phi) is 5.70. The number of carbonyl (C=O) groups excluding carboxylic acids is 1. The molecule has 0 bridgehead atoms. The zero-order chi connectivity index (χ0) is 15.5. The number of ether oxygens (including phenoxy) is 1. The minimum atomic E-state index is -0.333. The van der Waals surface area contributed by atoms with Gasteiger partial charge in [0.15, 0.2) is 11.5 Å². The molecular formula is C15H17ClFN3O3. The van der Waals surface area contributed by atoms with Crippen molar-refractivity contribution < 1.29 is 18.4 Å². The molecule has 1 aromatic carbocycles. The van der Waals surface area contributed by atoms with Gasteiger partial charge in [-0.2, -0.15) is 0 Å². The molecular weight excluding hydrogens is 325 g/mol. The fourth-order valence-corrected chi connectivity index (χ4v) is 2.42. The second kappa shape index (κ2) is 7.54. The van der Waals surface area contributed by atoms with Crippen molar-refractivity contribution in [3.8, 4) is 11.3 Å². The van der Waals surface area contributed by atoms with Crippen LogP contribution in [-0.2, 0) is 4.74 Å². The van der Waals surface area contributed by atoms with Crippen molar-refractivity contribution in [1.29, 1.82) is 0 Å². The summed E-state index contributed by atoms with van der Waals surface area (Å²) < 4.78 is 23.3. The predicted molar refractivity (Wildman–Crippen MR) is 84.1 cm³/mol. The number of hydrogen-bond acceptors (Lipinski definition) is 5. The maximum atomic E-state index is 12.9. The number of rotatable bonds is 4. The normalized spacial score (nSPS) is 20.1. The summed E-state index contributed by atoms with van der Waals surface area (Å²) >= 11 is 0. The lowest BCUT2D eigenvalue weighted by atomic mass is 10.1. The summed E-state index contributed by atoms with van der Waals surface area (Å²) in [6.07, 6.45) is -0.0626. The van der Waals surface area contributed by atoms with E-state index in [1.807, 2.05) is 0 Å². The van der Waals surface area contributed by atoms with Crippen LogP contribution in [-0.4, -0.2) is 43.4 Å². The number of halogens is 2. The van der Waals surface area contributed by atoms with Crippen LogP contribution in [0, 0.1) is 5.82 Å². The second-order valence-electron chi connectivity index (χ2n) is 5.10. The first kappa shape index (κ1) is 17.4. The molecule has 6 nitrogen and oxygen atoms in total. The molecule has 0 aliphatic carbocycles. The molecule has 8 heteroatoms. The van der Waals surface area contributed by atoms with Crippen LogP contribution in [0.2, 0.25) is 0 Å². The monoisotopic (exact) mass is 341 g/mol. The number of methoxy groups -OCH3 is 1. The van der Waals surface area contributed by atoms with Crippen molar-refractivity contribution in [2.45, 2.75) is 12.1 Å². The summed E-state index contributed by atoms with van der Waals surface area (Å²) in [5.74, 6) is -0.244. The summed E-state index contributed by atoms with van der Waals surface area (Å²) in [5.41, 5.74) is 0.839. The van der Waals surface area contributed by atoms with E-state index in [4.69, 9.17) is 9.26 Å². The van der Waals surface area contributed by atoms with E-state index in [0.717, 1.165) is 0 Å². The molecule has 1 aliphatic heterocycles. The summed E-state index contributed by atoms with van der Waals surface area (Å²) in [6, 6.07) is 7.21. The van der Waals surface area contributed by atoms with Crippen LogP contribution < -0.4 is 10.6 Å². The summed E-state index contributed by atoms with van der Waals surface area (Å²) in [5, 5.41) is 9.77. The lowest BCUT2D eigenvalue weighted by molar-refractivity contribution is 0.0773. The Morgan fingerprint density at radius 3 is 2.83 bits per heavy atom. The van der Waals surface area contributed by atoms with Gasteiger partial charge in [-0.15, -0.1) is 12.4 Å². The fourth-order valence-electron chi connectivity index (χ4n) is 2.42. The van der Waals surface area contributed by atoms with Crippen LogP contribution in [0.15, 0.2) is 34.9 Å². The SMILES string of the molecule is COC1CNCC1NC(=O)c1cc(-c2ccc(F)cc2)on1.Cl. The Balaban J connectivity index is 0.00000192. The summed E-state index contributed by atoms with van der Waals surface area (Å²) in [6.45, 7) is 1.34. The first-order chi connectivity index (χ1) is 10.7. The van der Waals surface area contributed by atoms with Gasteiger partial charge >= 0.3 is 0 Å². The molecule has 0 radical (unpaired) electrons. The summed E-state index contributed by atoms with van der Waals surface area (Å²) in [4.78, 5) is 12.2. The molecule has 1 amide bonds. The van der Waals surface area contributed by atoms with Gasteiger partial charge in [-0.05, 0) is 24.3 Å². The van der Waals surface area contributed by atoms with E-state index in [-0.39, 0.29) is 42.0 Å². The fraction of sp³-hybridized carbons (Fsp3) is 0.333. The minimum absolute atomic E-state index is 0. The highest BCUT2D eigenvalue weighted by atomic mass is 35.5. The van der Waals surface area contributed by atoms with Crippen LogP contribution in [0.3, 0.4) is 0 Å². The first-order valence-corrected chi connectivity index (χ1v) is 6.94. The van der Waals surface area contributed by atoms with Crippen LogP contribution >= 0.6 is 12.4 Å². The van der Waals surface area contributed by atoms with Crippen molar-refractivity contribution in [2.24, 2.45) is 0 Å². The molecule has 1 aliphatic rings.